The summed E-state index contributed by atoms with van der Waals surface area (Å²) in [6, 6.07) is 0. The van der Waals surface area contributed by atoms with Crippen molar-refractivity contribution in [3.8, 4) is 0 Å². The topological polar surface area (TPSA) is 12.4 Å². The molecule has 0 aromatic carbocycles. The molecule has 1 heteroatoms. The standard InChI is InChI=1S/C10H15N/c1-6-10(7-2)9(5)11-8(3)4/h6-7H,1,3H2,2,4-5H3/b10-7-,11-9-. The summed E-state index contributed by atoms with van der Waals surface area (Å²) >= 11 is 0. The molecule has 0 aliphatic heterocycles. The molecule has 0 saturated heterocycles. The lowest BCUT2D eigenvalue weighted by molar-refractivity contribution is 1.31. The van der Waals surface area contributed by atoms with Gasteiger partial charge in [0.15, 0.2) is 0 Å². The van der Waals surface area contributed by atoms with Crippen LogP contribution in [0.2, 0.25) is 0 Å². The van der Waals surface area contributed by atoms with Crippen molar-refractivity contribution in [3.63, 3.8) is 0 Å². The second-order valence-corrected chi connectivity index (χ2v) is 2.38. The molecule has 0 spiro atoms. The number of hydrogen-bond donors (Lipinski definition) is 0. The Bertz CT molecular complexity index is 219. The minimum absolute atomic E-state index is 0.823. The van der Waals surface area contributed by atoms with Gasteiger partial charge < -0.3 is 0 Å². The first-order valence-corrected chi connectivity index (χ1v) is 3.61. The first-order valence-electron chi connectivity index (χ1n) is 3.61. The predicted octanol–water partition coefficient (Wildman–Crippen LogP) is 3.11. The summed E-state index contributed by atoms with van der Waals surface area (Å²) in [4.78, 5) is 4.20. The summed E-state index contributed by atoms with van der Waals surface area (Å²) < 4.78 is 0. The molecule has 1 nitrogen and oxygen atoms in total. The van der Waals surface area contributed by atoms with Crippen LogP contribution in [0.15, 0.2) is 41.6 Å². The van der Waals surface area contributed by atoms with Crippen LogP contribution in [0.5, 0.6) is 0 Å². The van der Waals surface area contributed by atoms with Crippen LogP contribution in [0.25, 0.3) is 0 Å². The van der Waals surface area contributed by atoms with E-state index in [0.717, 1.165) is 17.0 Å². The van der Waals surface area contributed by atoms with Gasteiger partial charge in [-0.1, -0.05) is 25.3 Å². The normalized spacial score (nSPS) is 13.0. The highest BCUT2D eigenvalue weighted by molar-refractivity contribution is 6.01. The summed E-state index contributed by atoms with van der Waals surface area (Å²) in [5.74, 6) is 0. The summed E-state index contributed by atoms with van der Waals surface area (Å²) in [6.07, 6.45) is 3.77. The van der Waals surface area contributed by atoms with Crippen molar-refractivity contribution in [1.82, 2.24) is 0 Å². The molecule has 0 saturated carbocycles. The zero-order valence-corrected chi connectivity index (χ0v) is 7.52. The van der Waals surface area contributed by atoms with Crippen LogP contribution in [-0.4, -0.2) is 5.71 Å². The lowest BCUT2D eigenvalue weighted by Crippen LogP contribution is -1.93. The van der Waals surface area contributed by atoms with Crippen LogP contribution in [0.3, 0.4) is 0 Å². The molecule has 0 heterocycles. The first-order chi connectivity index (χ1) is 5.11. The highest BCUT2D eigenvalue weighted by Crippen LogP contribution is 2.02. The third kappa shape index (κ3) is 3.56. The van der Waals surface area contributed by atoms with E-state index in [9.17, 15) is 0 Å². The van der Waals surface area contributed by atoms with Gasteiger partial charge in [-0.05, 0) is 26.3 Å². The van der Waals surface area contributed by atoms with Crippen molar-refractivity contribution in [2.24, 2.45) is 4.99 Å². The van der Waals surface area contributed by atoms with Crippen molar-refractivity contribution in [2.75, 3.05) is 0 Å². The van der Waals surface area contributed by atoms with E-state index in [1.54, 1.807) is 6.08 Å². The molecular weight excluding hydrogens is 134 g/mol. The average molecular weight is 149 g/mol. The number of nitrogens with zero attached hydrogens (tertiary/aromatic N) is 1. The molecular formula is C10H15N. The fraction of sp³-hybridized carbons (Fsp3) is 0.300. The van der Waals surface area contributed by atoms with E-state index in [0.29, 0.717) is 0 Å². The van der Waals surface area contributed by atoms with E-state index < -0.39 is 0 Å². The summed E-state index contributed by atoms with van der Waals surface area (Å²) in [7, 11) is 0. The largest absolute Gasteiger partial charge is 0.258 e. The Balaban J connectivity index is 4.58. The van der Waals surface area contributed by atoms with E-state index in [1.165, 1.54) is 0 Å². The van der Waals surface area contributed by atoms with Crippen molar-refractivity contribution in [2.45, 2.75) is 20.8 Å². The molecule has 0 amide bonds. The molecule has 0 radical (unpaired) electrons. The van der Waals surface area contributed by atoms with Crippen LogP contribution in [-0.2, 0) is 0 Å². The molecule has 0 aliphatic carbocycles. The van der Waals surface area contributed by atoms with Crippen LogP contribution in [0, 0.1) is 0 Å². The zero-order chi connectivity index (χ0) is 8.85. The number of allylic oxidation sites excluding steroid dienone is 4. The summed E-state index contributed by atoms with van der Waals surface area (Å²) in [5.41, 5.74) is 2.85. The fourth-order valence-corrected chi connectivity index (χ4v) is 0.825. The van der Waals surface area contributed by atoms with Crippen LogP contribution >= 0.6 is 0 Å². The quantitative estimate of drug-likeness (QED) is 0.432. The highest BCUT2D eigenvalue weighted by Gasteiger charge is 1.93. The van der Waals surface area contributed by atoms with Gasteiger partial charge in [-0.3, -0.25) is 4.99 Å². The van der Waals surface area contributed by atoms with E-state index >= 15 is 0 Å². The summed E-state index contributed by atoms with van der Waals surface area (Å²) in [6.45, 7) is 13.2. The molecule has 0 N–H and O–H groups in total. The third-order valence-electron chi connectivity index (χ3n) is 1.31. The lowest BCUT2D eigenvalue weighted by Gasteiger charge is -1.99. The fourth-order valence-electron chi connectivity index (χ4n) is 0.825. The van der Waals surface area contributed by atoms with Gasteiger partial charge in [0.05, 0.1) is 0 Å². The van der Waals surface area contributed by atoms with Crippen molar-refractivity contribution in [3.05, 3.63) is 36.6 Å². The minimum atomic E-state index is 0.823. The van der Waals surface area contributed by atoms with Gasteiger partial charge in [-0.15, -0.1) is 0 Å². The Morgan fingerprint density at radius 1 is 1.36 bits per heavy atom. The third-order valence-corrected chi connectivity index (χ3v) is 1.31. The maximum Gasteiger partial charge on any atom is 0.0444 e. The average Bonchev–Trinajstić information content (AvgIpc) is 1.88. The van der Waals surface area contributed by atoms with E-state index in [1.807, 2.05) is 26.8 Å². The monoisotopic (exact) mass is 149 g/mol. The molecule has 0 bridgehead atoms. The van der Waals surface area contributed by atoms with Gasteiger partial charge in [0.1, 0.15) is 0 Å². The molecule has 0 atom stereocenters. The van der Waals surface area contributed by atoms with Gasteiger partial charge >= 0.3 is 0 Å². The maximum atomic E-state index is 4.20. The smallest absolute Gasteiger partial charge is 0.0444 e. The molecule has 0 aromatic rings. The van der Waals surface area contributed by atoms with Crippen molar-refractivity contribution < 1.29 is 0 Å². The van der Waals surface area contributed by atoms with E-state index in [4.69, 9.17) is 0 Å². The Morgan fingerprint density at radius 2 is 1.91 bits per heavy atom. The van der Waals surface area contributed by atoms with Gasteiger partial charge in [0.2, 0.25) is 0 Å². The van der Waals surface area contributed by atoms with Gasteiger partial charge in [0, 0.05) is 11.4 Å². The van der Waals surface area contributed by atoms with Crippen molar-refractivity contribution in [1.29, 1.82) is 0 Å². The first kappa shape index (κ1) is 9.89. The number of hydrogen-bond acceptors (Lipinski definition) is 1. The molecule has 60 valence electrons. The van der Waals surface area contributed by atoms with E-state index in [-0.39, 0.29) is 0 Å². The summed E-state index contributed by atoms with van der Waals surface area (Å²) in [5, 5.41) is 0. The molecule has 0 fully saturated rings. The second kappa shape index (κ2) is 4.67. The molecule has 0 aromatic heterocycles. The Kier molecular flexibility index (Phi) is 4.20. The van der Waals surface area contributed by atoms with Crippen LogP contribution < -0.4 is 0 Å². The van der Waals surface area contributed by atoms with Gasteiger partial charge in [-0.25, -0.2) is 0 Å². The highest BCUT2D eigenvalue weighted by atomic mass is 14.7. The number of aliphatic imine (C=N–C) groups is 1. The van der Waals surface area contributed by atoms with Crippen molar-refractivity contribution >= 4 is 5.71 Å². The van der Waals surface area contributed by atoms with Gasteiger partial charge in [0.25, 0.3) is 0 Å². The maximum absolute atomic E-state index is 4.20. The van der Waals surface area contributed by atoms with E-state index in [2.05, 4.69) is 18.2 Å². The molecule has 11 heavy (non-hydrogen) atoms. The Labute approximate surface area is 68.9 Å². The minimum Gasteiger partial charge on any atom is -0.258 e. The molecule has 0 rings (SSSR count). The Hall–Kier alpha value is -1.11. The zero-order valence-electron chi connectivity index (χ0n) is 7.52. The lowest BCUT2D eigenvalue weighted by atomic mass is 10.1. The number of rotatable bonds is 3. The van der Waals surface area contributed by atoms with Gasteiger partial charge in [-0.2, -0.15) is 0 Å². The van der Waals surface area contributed by atoms with Crippen LogP contribution in [0.1, 0.15) is 20.8 Å². The van der Waals surface area contributed by atoms with Crippen LogP contribution in [0.4, 0.5) is 0 Å². The SMILES string of the molecule is C=CC(=C/C)/C(C)=N\C(=C)C. The predicted molar refractivity (Wildman–Crippen MR) is 51.9 cm³/mol. The molecule has 0 unspecified atom stereocenters. The molecule has 0 aliphatic rings. The Morgan fingerprint density at radius 3 is 2.18 bits per heavy atom. The second-order valence-electron chi connectivity index (χ2n) is 2.38.